The summed E-state index contributed by atoms with van der Waals surface area (Å²) in [6.07, 6.45) is 4.25. The predicted octanol–water partition coefficient (Wildman–Crippen LogP) is 4.82. The molecule has 0 saturated carbocycles. The Balaban J connectivity index is 2.31. The Morgan fingerprint density at radius 1 is 1.24 bits per heavy atom. The Kier molecular flexibility index (Phi) is 6.27. The zero-order valence-corrected chi connectivity index (χ0v) is 14.9. The summed E-state index contributed by atoms with van der Waals surface area (Å²) in [5, 5.41) is 4.83. The molecule has 0 aliphatic rings. The SMILES string of the molecule is CCCNC(c1ccc(SC)cc1)c1nc(CC)c(C)s1. The number of nitrogens with one attached hydrogen (secondary N) is 1. The van der Waals surface area contributed by atoms with Gasteiger partial charge in [0.05, 0.1) is 11.7 Å². The van der Waals surface area contributed by atoms with E-state index in [1.165, 1.54) is 26.0 Å². The van der Waals surface area contributed by atoms with Gasteiger partial charge in [0.2, 0.25) is 0 Å². The number of aryl methyl sites for hydroxylation is 2. The molecule has 1 atom stereocenters. The van der Waals surface area contributed by atoms with Crippen LogP contribution in [0.3, 0.4) is 0 Å². The Morgan fingerprint density at radius 2 is 1.95 bits per heavy atom. The minimum absolute atomic E-state index is 0.213. The van der Waals surface area contributed by atoms with Gasteiger partial charge in [-0.05, 0) is 50.3 Å². The van der Waals surface area contributed by atoms with Crippen molar-refractivity contribution in [3.63, 3.8) is 0 Å². The van der Waals surface area contributed by atoms with E-state index in [1.807, 2.05) is 11.3 Å². The van der Waals surface area contributed by atoms with E-state index >= 15 is 0 Å². The molecule has 0 saturated heterocycles. The van der Waals surface area contributed by atoms with Gasteiger partial charge in [-0.25, -0.2) is 4.98 Å². The van der Waals surface area contributed by atoms with E-state index in [-0.39, 0.29) is 6.04 Å². The fourth-order valence-electron chi connectivity index (χ4n) is 2.33. The highest BCUT2D eigenvalue weighted by Gasteiger charge is 2.18. The number of nitrogens with zero attached hydrogens (tertiary/aromatic N) is 1. The lowest BCUT2D eigenvalue weighted by molar-refractivity contribution is 0.594. The predicted molar refractivity (Wildman–Crippen MR) is 94.6 cm³/mol. The minimum Gasteiger partial charge on any atom is -0.304 e. The summed E-state index contributed by atoms with van der Waals surface area (Å²) in [6, 6.07) is 9.05. The van der Waals surface area contributed by atoms with Gasteiger partial charge in [-0.1, -0.05) is 26.0 Å². The first-order valence-corrected chi connectivity index (χ1v) is 9.57. The average molecular weight is 321 g/mol. The first-order chi connectivity index (χ1) is 10.2. The summed E-state index contributed by atoms with van der Waals surface area (Å²) in [5.74, 6) is 0. The summed E-state index contributed by atoms with van der Waals surface area (Å²) in [4.78, 5) is 7.50. The molecule has 1 N–H and O–H groups in total. The molecule has 0 bridgehead atoms. The maximum atomic E-state index is 4.85. The topological polar surface area (TPSA) is 24.9 Å². The van der Waals surface area contributed by atoms with Crippen LogP contribution in [-0.4, -0.2) is 17.8 Å². The highest BCUT2D eigenvalue weighted by Crippen LogP contribution is 2.29. The molecule has 4 heteroatoms. The third-order valence-corrected chi connectivity index (χ3v) is 5.36. The van der Waals surface area contributed by atoms with E-state index in [1.54, 1.807) is 11.8 Å². The van der Waals surface area contributed by atoms with Crippen LogP contribution in [0.25, 0.3) is 0 Å². The van der Waals surface area contributed by atoms with Gasteiger partial charge < -0.3 is 5.32 Å². The Hall–Kier alpha value is -0.840. The van der Waals surface area contributed by atoms with Crippen molar-refractivity contribution in [2.75, 3.05) is 12.8 Å². The van der Waals surface area contributed by atoms with E-state index in [9.17, 15) is 0 Å². The van der Waals surface area contributed by atoms with Crippen LogP contribution >= 0.6 is 23.1 Å². The smallest absolute Gasteiger partial charge is 0.115 e. The van der Waals surface area contributed by atoms with Crippen LogP contribution < -0.4 is 5.32 Å². The highest BCUT2D eigenvalue weighted by atomic mass is 32.2. The minimum atomic E-state index is 0.213. The van der Waals surface area contributed by atoms with E-state index in [0.29, 0.717) is 0 Å². The number of hydrogen-bond donors (Lipinski definition) is 1. The Labute approximate surface area is 136 Å². The lowest BCUT2D eigenvalue weighted by atomic mass is 10.1. The molecule has 2 aromatic rings. The second-order valence-corrected chi connectivity index (χ2v) is 7.18. The van der Waals surface area contributed by atoms with Gasteiger partial charge >= 0.3 is 0 Å². The first-order valence-electron chi connectivity index (χ1n) is 7.53. The van der Waals surface area contributed by atoms with Crippen LogP contribution in [0.4, 0.5) is 0 Å². The van der Waals surface area contributed by atoms with Crippen molar-refractivity contribution in [2.45, 2.75) is 44.6 Å². The Morgan fingerprint density at radius 3 is 2.48 bits per heavy atom. The molecule has 2 nitrogen and oxygen atoms in total. The zero-order chi connectivity index (χ0) is 15.2. The second-order valence-electron chi connectivity index (χ2n) is 5.07. The highest BCUT2D eigenvalue weighted by molar-refractivity contribution is 7.98. The van der Waals surface area contributed by atoms with Gasteiger partial charge in [0.1, 0.15) is 5.01 Å². The summed E-state index contributed by atoms with van der Waals surface area (Å²) >= 11 is 3.60. The molecule has 1 aromatic carbocycles. The van der Waals surface area contributed by atoms with E-state index in [2.05, 4.69) is 56.6 Å². The summed E-state index contributed by atoms with van der Waals surface area (Å²) < 4.78 is 0. The van der Waals surface area contributed by atoms with Gasteiger partial charge in [0, 0.05) is 9.77 Å². The van der Waals surface area contributed by atoms with Crippen molar-refractivity contribution < 1.29 is 0 Å². The monoisotopic (exact) mass is 320 g/mol. The van der Waals surface area contributed by atoms with Crippen molar-refractivity contribution in [3.05, 3.63) is 45.4 Å². The van der Waals surface area contributed by atoms with E-state index in [0.717, 1.165) is 19.4 Å². The largest absolute Gasteiger partial charge is 0.304 e. The summed E-state index contributed by atoms with van der Waals surface area (Å²) in [6.45, 7) is 7.56. The normalized spacial score (nSPS) is 12.6. The van der Waals surface area contributed by atoms with Gasteiger partial charge in [-0.3, -0.25) is 0 Å². The third-order valence-electron chi connectivity index (χ3n) is 3.54. The molecule has 0 fully saturated rings. The van der Waals surface area contributed by atoms with Crippen LogP contribution in [-0.2, 0) is 6.42 Å². The van der Waals surface area contributed by atoms with Crippen LogP contribution in [0.5, 0.6) is 0 Å². The standard InChI is InChI=1S/C17H24N2S2/c1-5-11-18-16(13-7-9-14(20-4)10-8-13)17-19-15(6-2)12(3)21-17/h7-10,16,18H,5-6,11H2,1-4H3. The van der Waals surface area contributed by atoms with Gasteiger partial charge in [-0.2, -0.15) is 0 Å². The fraction of sp³-hybridized carbons (Fsp3) is 0.471. The molecule has 2 rings (SSSR count). The number of thiazole rings is 1. The molecule has 0 spiro atoms. The van der Waals surface area contributed by atoms with Crippen LogP contribution in [0.15, 0.2) is 29.2 Å². The maximum Gasteiger partial charge on any atom is 0.115 e. The molecule has 0 amide bonds. The second kappa shape index (κ2) is 7.97. The molecular formula is C17H24N2S2. The Bertz CT molecular complexity index is 561. The van der Waals surface area contributed by atoms with Crippen molar-refractivity contribution in [1.82, 2.24) is 10.3 Å². The number of hydrogen-bond acceptors (Lipinski definition) is 4. The number of benzene rings is 1. The molecule has 114 valence electrons. The fourth-order valence-corrected chi connectivity index (χ4v) is 3.86. The maximum absolute atomic E-state index is 4.85. The third kappa shape index (κ3) is 4.09. The molecule has 0 radical (unpaired) electrons. The van der Waals surface area contributed by atoms with Crippen LogP contribution in [0, 0.1) is 6.92 Å². The van der Waals surface area contributed by atoms with Crippen LogP contribution in [0.1, 0.15) is 47.5 Å². The van der Waals surface area contributed by atoms with Gasteiger partial charge in [0.25, 0.3) is 0 Å². The molecule has 0 aliphatic carbocycles. The average Bonchev–Trinajstić information content (AvgIpc) is 2.89. The van der Waals surface area contributed by atoms with Crippen molar-refractivity contribution >= 4 is 23.1 Å². The lowest BCUT2D eigenvalue weighted by Gasteiger charge is -2.17. The molecule has 1 aromatic heterocycles. The molecular weight excluding hydrogens is 296 g/mol. The van der Waals surface area contributed by atoms with Crippen LogP contribution in [0.2, 0.25) is 0 Å². The lowest BCUT2D eigenvalue weighted by Crippen LogP contribution is -2.23. The molecule has 0 aliphatic heterocycles. The number of rotatable bonds is 7. The van der Waals surface area contributed by atoms with Crippen molar-refractivity contribution in [3.8, 4) is 0 Å². The molecule has 21 heavy (non-hydrogen) atoms. The number of aromatic nitrogens is 1. The van der Waals surface area contributed by atoms with E-state index in [4.69, 9.17) is 4.98 Å². The number of thioether (sulfide) groups is 1. The molecule has 1 heterocycles. The van der Waals surface area contributed by atoms with Crippen molar-refractivity contribution in [1.29, 1.82) is 0 Å². The quantitative estimate of drug-likeness (QED) is 0.740. The van der Waals surface area contributed by atoms with Gasteiger partial charge in [-0.15, -0.1) is 23.1 Å². The molecule has 1 unspecified atom stereocenters. The summed E-state index contributed by atoms with van der Waals surface area (Å²) in [5.41, 5.74) is 2.54. The van der Waals surface area contributed by atoms with Crippen molar-refractivity contribution in [2.24, 2.45) is 0 Å². The van der Waals surface area contributed by atoms with E-state index < -0.39 is 0 Å². The van der Waals surface area contributed by atoms with Gasteiger partial charge in [0.15, 0.2) is 0 Å². The zero-order valence-electron chi connectivity index (χ0n) is 13.3. The first kappa shape index (κ1) is 16.5. The summed E-state index contributed by atoms with van der Waals surface area (Å²) in [7, 11) is 0.